The molecule has 0 bridgehead atoms. The van der Waals surface area contributed by atoms with Gasteiger partial charge in [-0.3, -0.25) is 14.2 Å². The molecule has 0 saturated heterocycles. The molecule has 2 aromatic rings. The number of carbonyl (C=O) groups is 2. The zero-order valence-corrected chi connectivity index (χ0v) is 17.0. The topological polar surface area (TPSA) is 101 Å². The molecule has 0 saturated carbocycles. The van der Waals surface area contributed by atoms with Gasteiger partial charge in [-0.05, 0) is 44.6 Å². The van der Waals surface area contributed by atoms with E-state index in [1.54, 1.807) is 15.5 Å². The zero-order chi connectivity index (χ0) is 20.8. The first-order valence-corrected chi connectivity index (χ1v) is 9.89. The summed E-state index contributed by atoms with van der Waals surface area (Å²) in [5.74, 6) is 0.388. The van der Waals surface area contributed by atoms with Gasteiger partial charge < -0.3 is 15.5 Å². The summed E-state index contributed by atoms with van der Waals surface area (Å²) in [5, 5.41) is 9.97. The van der Waals surface area contributed by atoms with Gasteiger partial charge in [0, 0.05) is 25.2 Å². The van der Waals surface area contributed by atoms with E-state index in [1.165, 1.54) is 4.68 Å². The lowest BCUT2D eigenvalue weighted by Gasteiger charge is -2.11. The third-order valence-corrected chi connectivity index (χ3v) is 4.74. The summed E-state index contributed by atoms with van der Waals surface area (Å²) < 4.78 is 2.92. The zero-order valence-electron chi connectivity index (χ0n) is 17.0. The number of hydrogen-bond acceptors (Lipinski definition) is 5. The Morgan fingerprint density at radius 1 is 1.17 bits per heavy atom. The second kappa shape index (κ2) is 9.51. The minimum Gasteiger partial charge on any atom is -0.350 e. The monoisotopic (exact) mass is 400 g/mol. The molecule has 1 aromatic heterocycles. The summed E-state index contributed by atoms with van der Waals surface area (Å²) in [4.78, 5) is 38.4. The van der Waals surface area contributed by atoms with Crippen LogP contribution in [-0.2, 0) is 35.6 Å². The highest BCUT2D eigenvalue weighted by molar-refractivity contribution is 5.92. The van der Waals surface area contributed by atoms with Crippen molar-refractivity contribution in [2.75, 3.05) is 26.0 Å². The molecule has 0 fully saturated rings. The summed E-state index contributed by atoms with van der Waals surface area (Å²) in [5.41, 5.74) is 1.31. The predicted molar refractivity (Wildman–Crippen MR) is 110 cm³/mol. The van der Waals surface area contributed by atoms with Crippen LogP contribution < -0.4 is 16.3 Å². The van der Waals surface area contributed by atoms with Crippen LogP contribution in [0.5, 0.6) is 0 Å². The van der Waals surface area contributed by atoms with Gasteiger partial charge in [0.15, 0.2) is 0 Å². The average molecular weight is 400 g/mol. The van der Waals surface area contributed by atoms with Crippen LogP contribution in [0.15, 0.2) is 29.1 Å². The number of benzene rings is 1. The van der Waals surface area contributed by atoms with Crippen LogP contribution in [0.25, 0.3) is 0 Å². The van der Waals surface area contributed by atoms with E-state index in [2.05, 4.69) is 15.7 Å². The smallest absolute Gasteiger partial charge is 0.346 e. The summed E-state index contributed by atoms with van der Waals surface area (Å²) >= 11 is 0. The molecule has 1 aliphatic rings. The number of nitrogens with one attached hydrogen (secondary N) is 2. The Labute approximate surface area is 169 Å². The Morgan fingerprint density at radius 2 is 2.00 bits per heavy atom. The van der Waals surface area contributed by atoms with Gasteiger partial charge in [-0.25, -0.2) is 9.48 Å². The van der Waals surface area contributed by atoms with Crippen LogP contribution in [0.1, 0.15) is 30.7 Å². The SMILES string of the molecule is CN(C)CC(=O)Nc1cccc(CNC(=O)Cn2nc3n(c2=O)CCCCC3)c1. The van der Waals surface area contributed by atoms with E-state index in [1.807, 2.05) is 32.3 Å². The molecule has 156 valence electrons. The fourth-order valence-electron chi connectivity index (χ4n) is 3.37. The molecule has 0 radical (unpaired) electrons. The first kappa shape index (κ1) is 20.8. The van der Waals surface area contributed by atoms with E-state index >= 15 is 0 Å². The second-order valence-corrected chi connectivity index (χ2v) is 7.58. The highest BCUT2D eigenvalue weighted by Crippen LogP contribution is 2.11. The Balaban J connectivity index is 1.55. The van der Waals surface area contributed by atoms with Gasteiger partial charge in [0.2, 0.25) is 11.8 Å². The molecule has 0 atom stereocenters. The summed E-state index contributed by atoms with van der Waals surface area (Å²) in [7, 11) is 3.66. The van der Waals surface area contributed by atoms with Crippen LogP contribution in [0.3, 0.4) is 0 Å². The van der Waals surface area contributed by atoms with E-state index < -0.39 is 0 Å². The van der Waals surface area contributed by atoms with Crippen molar-refractivity contribution in [2.45, 2.75) is 45.3 Å². The maximum Gasteiger partial charge on any atom is 0.346 e. The van der Waals surface area contributed by atoms with Gasteiger partial charge in [-0.1, -0.05) is 18.6 Å². The van der Waals surface area contributed by atoms with E-state index in [0.29, 0.717) is 25.3 Å². The van der Waals surface area contributed by atoms with Crippen LogP contribution in [0.2, 0.25) is 0 Å². The van der Waals surface area contributed by atoms with Gasteiger partial charge >= 0.3 is 5.69 Å². The third-order valence-electron chi connectivity index (χ3n) is 4.74. The molecule has 0 unspecified atom stereocenters. The van der Waals surface area contributed by atoms with Crippen LogP contribution in [0.4, 0.5) is 5.69 Å². The van der Waals surface area contributed by atoms with Crippen molar-refractivity contribution < 1.29 is 9.59 Å². The largest absolute Gasteiger partial charge is 0.350 e. The maximum atomic E-state index is 12.4. The van der Waals surface area contributed by atoms with Gasteiger partial charge in [0.05, 0.1) is 6.54 Å². The van der Waals surface area contributed by atoms with E-state index in [-0.39, 0.29) is 24.0 Å². The minimum absolute atomic E-state index is 0.0991. The number of fused-ring (bicyclic) bond motifs is 1. The average Bonchev–Trinajstić information content (AvgIpc) is 2.83. The number of rotatable bonds is 7. The lowest BCUT2D eigenvalue weighted by atomic mass is 10.2. The van der Waals surface area contributed by atoms with Crippen molar-refractivity contribution in [1.29, 1.82) is 0 Å². The summed E-state index contributed by atoms with van der Waals surface area (Å²) in [6.45, 7) is 1.17. The van der Waals surface area contributed by atoms with E-state index in [0.717, 1.165) is 37.1 Å². The molecule has 0 aliphatic carbocycles. The van der Waals surface area contributed by atoms with E-state index in [4.69, 9.17) is 0 Å². The number of likely N-dealkylation sites (N-methyl/N-ethyl adjacent to an activating group) is 1. The molecule has 1 aliphatic heterocycles. The summed E-state index contributed by atoms with van der Waals surface area (Å²) in [6, 6.07) is 7.31. The van der Waals surface area contributed by atoms with Gasteiger partial charge in [-0.2, -0.15) is 5.10 Å². The molecule has 3 rings (SSSR count). The third kappa shape index (κ3) is 5.77. The highest BCUT2D eigenvalue weighted by Gasteiger charge is 2.17. The fourth-order valence-corrected chi connectivity index (χ4v) is 3.37. The Hall–Kier alpha value is -2.94. The molecule has 0 spiro atoms. The standard InChI is InChI=1S/C20H28N6O3/c1-24(2)13-19(28)22-16-8-6-7-15(11-16)12-21-18(27)14-26-20(29)25-10-5-3-4-9-17(25)23-26/h6-8,11H,3-5,9-10,12-14H2,1-2H3,(H,21,27)(H,22,28). The molecule has 2 heterocycles. The molecule has 1 aromatic carbocycles. The fraction of sp³-hybridized carbons (Fsp3) is 0.500. The minimum atomic E-state index is -0.276. The van der Waals surface area contributed by atoms with E-state index in [9.17, 15) is 14.4 Å². The Morgan fingerprint density at radius 3 is 2.79 bits per heavy atom. The molecule has 29 heavy (non-hydrogen) atoms. The van der Waals surface area contributed by atoms with Crippen molar-refractivity contribution in [2.24, 2.45) is 0 Å². The molecule has 9 heteroatoms. The first-order chi connectivity index (χ1) is 13.9. The number of aryl methyl sites for hydroxylation is 1. The first-order valence-electron chi connectivity index (χ1n) is 9.89. The second-order valence-electron chi connectivity index (χ2n) is 7.58. The molecular weight excluding hydrogens is 372 g/mol. The quantitative estimate of drug-likeness (QED) is 0.708. The predicted octanol–water partition coefficient (Wildman–Crippen LogP) is 0.588. The Kier molecular flexibility index (Phi) is 6.82. The normalized spacial score (nSPS) is 13.6. The number of nitrogens with zero attached hydrogens (tertiary/aromatic N) is 4. The number of amides is 2. The molecule has 2 amide bonds. The Bertz CT molecular complexity index is 931. The maximum absolute atomic E-state index is 12.4. The number of aromatic nitrogens is 3. The van der Waals surface area contributed by atoms with Crippen molar-refractivity contribution in [3.8, 4) is 0 Å². The lowest BCUT2D eigenvalue weighted by molar-refractivity contribution is -0.122. The lowest BCUT2D eigenvalue weighted by Crippen LogP contribution is -2.33. The van der Waals surface area contributed by atoms with Crippen LogP contribution >= 0.6 is 0 Å². The van der Waals surface area contributed by atoms with Crippen molar-refractivity contribution >= 4 is 17.5 Å². The highest BCUT2D eigenvalue weighted by atomic mass is 16.2. The van der Waals surface area contributed by atoms with Crippen molar-refractivity contribution in [3.05, 3.63) is 46.1 Å². The number of carbonyl (C=O) groups excluding carboxylic acids is 2. The van der Waals surface area contributed by atoms with Crippen LogP contribution in [0, 0.1) is 0 Å². The molecular formula is C20H28N6O3. The number of hydrogen-bond donors (Lipinski definition) is 2. The van der Waals surface area contributed by atoms with Crippen molar-refractivity contribution in [1.82, 2.24) is 24.6 Å². The molecule has 9 nitrogen and oxygen atoms in total. The van der Waals surface area contributed by atoms with Gasteiger partial charge in [-0.15, -0.1) is 0 Å². The van der Waals surface area contributed by atoms with Crippen LogP contribution in [-0.4, -0.2) is 51.7 Å². The van der Waals surface area contributed by atoms with Gasteiger partial charge in [0.1, 0.15) is 12.4 Å². The van der Waals surface area contributed by atoms with Crippen molar-refractivity contribution in [3.63, 3.8) is 0 Å². The van der Waals surface area contributed by atoms with Gasteiger partial charge in [0.25, 0.3) is 0 Å². The number of anilines is 1. The molecule has 2 N–H and O–H groups in total. The summed E-state index contributed by atoms with van der Waals surface area (Å²) in [6.07, 6.45) is 3.85.